The summed E-state index contributed by atoms with van der Waals surface area (Å²) in [4.78, 5) is 28.8. The lowest BCUT2D eigenvalue weighted by molar-refractivity contribution is -0.140. The third kappa shape index (κ3) is 7.92. The van der Waals surface area contributed by atoms with Crippen molar-refractivity contribution in [2.75, 3.05) is 10.8 Å². The minimum absolute atomic E-state index is 0.0212. The first-order valence-electron chi connectivity index (χ1n) is 14.4. The number of anilines is 1. The van der Waals surface area contributed by atoms with Crippen LogP contribution in [0.2, 0.25) is 5.02 Å². The number of carbonyl (C=O) groups excluding carboxylic acids is 2. The highest BCUT2D eigenvalue weighted by molar-refractivity contribution is 7.92. The number of halogens is 4. The number of nitrogens with one attached hydrogen (secondary N) is 1. The lowest BCUT2D eigenvalue weighted by Crippen LogP contribution is -2.53. The summed E-state index contributed by atoms with van der Waals surface area (Å²) in [6, 6.07) is 15.7. The van der Waals surface area contributed by atoms with Gasteiger partial charge in [-0.05, 0) is 62.1 Å². The maximum atomic E-state index is 14.2. The minimum Gasteiger partial charge on any atom is -0.352 e. The summed E-state index contributed by atoms with van der Waals surface area (Å²) < 4.78 is 69.7. The predicted octanol–water partition coefficient (Wildman–Crippen LogP) is 6.73. The van der Waals surface area contributed by atoms with Gasteiger partial charge in [0.1, 0.15) is 12.6 Å². The Labute approximate surface area is 261 Å². The molecule has 0 aromatic heterocycles. The van der Waals surface area contributed by atoms with E-state index in [2.05, 4.69) is 5.32 Å². The SMILES string of the molecule is CC[C@H](C(=O)NC1CCCC1)N(Cc1cccc(C)c1)C(=O)CN(c1cc(C(F)(F)F)ccc1Cl)S(=O)(=O)c1ccccc1. The van der Waals surface area contributed by atoms with Crippen LogP contribution in [0.4, 0.5) is 18.9 Å². The third-order valence-electron chi connectivity index (χ3n) is 7.68. The fourth-order valence-electron chi connectivity index (χ4n) is 5.41. The highest BCUT2D eigenvalue weighted by Gasteiger charge is 2.37. The van der Waals surface area contributed by atoms with E-state index in [0.29, 0.717) is 15.9 Å². The summed E-state index contributed by atoms with van der Waals surface area (Å²) in [6.07, 6.45) is -0.952. The summed E-state index contributed by atoms with van der Waals surface area (Å²) in [5.41, 5.74) is -0.00308. The maximum Gasteiger partial charge on any atom is 0.416 e. The second kappa shape index (κ2) is 14.0. The number of hydrogen-bond acceptors (Lipinski definition) is 4. The number of sulfonamides is 1. The molecule has 1 saturated carbocycles. The van der Waals surface area contributed by atoms with Crippen molar-refractivity contribution in [2.24, 2.45) is 0 Å². The zero-order valence-corrected chi connectivity index (χ0v) is 26.1. The molecule has 1 aliphatic carbocycles. The van der Waals surface area contributed by atoms with E-state index < -0.39 is 45.9 Å². The number of carbonyl (C=O) groups is 2. The first-order chi connectivity index (χ1) is 20.8. The Kier molecular flexibility index (Phi) is 10.6. The number of nitrogens with zero attached hydrogens (tertiary/aromatic N) is 2. The van der Waals surface area contributed by atoms with Gasteiger partial charge in [0.15, 0.2) is 0 Å². The van der Waals surface area contributed by atoms with E-state index in [1.54, 1.807) is 25.1 Å². The number of amides is 2. The van der Waals surface area contributed by atoms with Gasteiger partial charge in [0, 0.05) is 12.6 Å². The summed E-state index contributed by atoms with van der Waals surface area (Å²) in [6.45, 7) is 2.71. The van der Waals surface area contributed by atoms with Crippen LogP contribution in [0, 0.1) is 6.92 Å². The Morgan fingerprint density at radius 3 is 2.30 bits per heavy atom. The highest BCUT2D eigenvalue weighted by Crippen LogP contribution is 2.37. The number of alkyl halides is 3. The Hall–Kier alpha value is -3.57. The number of aryl methyl sites for hydroxylation is 1. The highest BCUT2D eigenvalue weighted by atomic mass is 35.5. The smallest absolute Gasteiger partial charge is 0.352 e. The molecular weight excluding hydrogens is 615 g/mol. The Morgan fingerprint density at radius 2 is 1.68 bits per heavy atom. The molecule has 1 N–H and O–H groups in total. The van der Waals surface area contributed by atoms with E-state index in [4.69, 9.17) is 11.6 Å². The fraction of sp³-hybridized carbons (Fsp3) is 0.375. The molecule has 12 heteroatoms. The normalized spacial score (nSPS) is 14.7. The molecule has 1 aliphatic rings. The Morgan fingerprint density at radius 1 is 1.00 bits per heavy atom. The lowest BCUT2D eigenvalue weighted by Gasteiger charge is -2.34. The van der Waals surface area contributed by atoms with Crippen molar-refractivity contribution >= 4 is 39.1 Å². The zero-order valence-electron chi connectivity index (χ0n) is 24.5. The molecule has 236 valence electrons. The quantitative estimate of drug-likeness (QED) is 0.250. The van der Waals surface area contributed by atoms with Crippen molar-refractivity contribution in [2.45, 2.75) is 75.7 Å². The molecule has 0 aliphatic heterocycles. The molecule has 0 spiro atoms. The van der Waals surface area contributed by atoms with Crippen LogP contribution in [0.25, 0.3) is 0 Å². The van der Waals surface area contributed by atoms with Crippen molar-refractivity contribution in [3.63, 3.8) is 0 Å². The van der Waals surface area contributed by atoms with E-state index >= 15 is 0 Å². The van der Waals surface area contributed by atoms with Crippen LogP contribution in [0.15, 0.2) is 77.7 Å². The van der Waals surface area contributed by atoms with Gasteiger partial charge in [-0.1, -0.05) is 79.4 Å². The van der Waals surface area contributed by atoms with Crippen LogP contribution in [0.1, 0.15) is 55.7 Å². The molecule has 3 aromatic rings. The van der Waals surface area contributed by atoms with E-state index in [1.165, 1.54) is 29.2 Å². The summed E-state index contributed by atoms with van der Waals surface area (Å²) in [5.74, 6) is -1.14. The first-order valence-corrected chi connectivity index (χ1v) is 16.2. The molecule has 0 bridgehead atoms. The maximum absolute atomic E-state index is 14.2. The van der Waals surface area contributed by atoms with E-state index in [1.807, 2.05) is 19.1 Å². The van der Waals surface area contributed by atoms with Gasteiger partial charge >= 0.3 is 6.18 Å². The minimum atomic E-state index is -4.80. The molecule has 4 rings (SSSR count). The molecule has 1 atom stereocenters. The second-order valence-corrected chi connectivity index (χ2v) is 13.2. The summed E-state index contributed by atoms with van der Waals surface area (Å²) in [7, 11) is -4.58. The van der Waals surface area contributed by atoms with Crippen LogP contribution in [0.5, 0.6) is 0 Å². The molecular formula is C32H35ClF3N3O4S. The molecule has 2 amide bonds. The van der Waals surface area contributed by atoms with E-state index in [-0.39, 0.29) is 34.8 Å². The van der Waals surface area contributed by atoms with Gasteiger partial charge in [0.05, 0.1) is 21.2 Å². The monoisotopic (exact) mass is 649 g/mol. The Bertz CT molecular complexity index is 1580. The van der Waals surface area contributed by atoms with Crippen LogP contribution in [-0.2, 0) is 32.3 Å². The van der Waals surface area contributed by atoms with Gasteiger partial charge < -0.3 is 10.2 Å². The molecule has 0 radical (unpaired) electrons. The average molecular weight is 650 g/mol. The molecule has 7 nitrogen and oxygen atoms in total. The second-order valence-electron chi connectivity index (χ2n) is 10.9. The number of benzene rings is 3. The Balaban J connectivity index is 1.78. The van der Waals surface area contributed by atoms with Gasteiger partial charge in [0.25, 0.3) is 10.0 Å². The van der Waals surface area contributed by atoms with Crippen LogP contribution in [-0.4, -0.2) is 43.8 Å². The largest absolute Gasteiger partial charge is 0.416 e. The van der Waals surface area contributed by atoms with Gasteiger partial charge in [-0.2, -0.15) is 13.2 Å². The van der Waals surface area contributed by atoms with E-state index in [9.17, 15) is 31.2 Å². The molecule has 0 saturated heterocycles. The summed E-state index contributed by atoms with van der Waals surface area (Å²) in [5, 5.41) is 2.74. The molecule has 1 fully saturated rings. The third-order valence-corrected chi connectivity index (χ3v) is 9.77. The molecule has 44 heavy (non-hydrogen) atoms. The zero-order chi connectivity index (χ0) is 32.1. The van der Waals surface area contributed by atoms with Crippen molar-refractivity contribution < 1.29 is 31.2 Å². The standard InChI is InChI=1S/C32H35ClF3N3O4S/c1-3-28(31(41)37-25-12-7-8-13-25)38(20-23-11-9-10-22(2)18-23)30(40)21-39(44(42,43)26-14-5-4-6-15-26)29-19-24(32(34,35)36)16-17-27(29)33/h4-6,9-11,14-19,25,28H,3,7-8,12-13,20-21H2,1-2H3,(H,37,41)/t28-/m1/s1. The van der Waals surface area contributed by atoms with Crippen LogP contribution < -0.4 is 9.62 Å². The van der Waals surface area contributed by atoms with Gasteiger partial charge in [-0.15, -0.1) is 0 Å². The van der Waals surface area contributed by atoms with E-state index in [0.717, 1.165) is 43.4 Å². The number of hydrogen-bond donors (Lipinski definition) is 1. The van der Waals surface area contributed by atoms with Crippen molar-refractivity contribution in [3.05, 3.63) is 94.5 Å². The first kappa shape index (κ1) is 33.3. The fourth-order valence-corrected chi connectivity index (χ4v) is 7.12. The van der Waals surface area contributed by atoms with Crippen LogP contribution in [0.3, 0.4) is 0 Å². The van der Waals surface area contributed by atoms with Gasteiger partial charge in [-0.25, -0.2) is 8.42 Å². The molecule has 0 unspecified atom stereocenters. The van der Waals surface area contributed by atoms with Crippen molar-refractivity contribution in [1.82, 2.24) is 10.2 Å². The predicted molar refractivity (Wildman–Crippen MR) is 164 cm³/mol. The topological polar surface area (TPSA) is 86.8 Å². The van der Waals surface area contributed by atoms with Crippen LogP contribution >= 0.6 is 11.6 Å². The number of rotatable bonds is 11. The summed E-state index contributed by atoms with van der Waals surface area (Å²) >= 11 is 6.32. The molecule has 0 heterocycles. The average Bonchev–Trinajstić information content (AvgIpc) is 3.49. The van der Waals surface area contributed by atoms with Crippen molar-refractivity contribution in [3.8, 4) is 0 Å². The van der Waals surface area contributed by atoms with Crippen molar-refractivity contribution in [1.29, 1.82) is 0 Å². The van der Waals surface area contributed by atoms with Gasteiger partial charge in [-0.3, -0.25) is 13.9 Å². The molecule has 3 aromatic carbocycles. The lowest BCUT2D eigenvalue weighted by atomic mass is 10.1. The van der Waals surface area contributed by atoms with Gasteiger partial charge in [0.2, 0.25) is 11.8 Å².